The van der Waals surface area contributed by atoms with Gasteiger partial charge in [0.2, 0.25) is 0 Å². The van der Waals surface area contributed by atoms with Crippen molar-refractivity contribution in [3.05, 3.63) is 62.2 Å². The minimum absolute atomic E-state index is 0.0435. The first-order valence-electron chi connectivity index (χ1n) is 10.2. The first-order valence-corrected chi connectivity index (χ1v) is 11.9. The summed E-state index contributed by atoms with van der Waals surface area (Å²) in [6.45, 7) is 2.26. The van der Waals surface area contributed by atoms with Crippen LogP contribution in [0.1, 0.15) is 55.5 Å². The smallest absolute Gasteiger partial charge is 0.353 e. The Morgan fingerprint density at radius 1 is 1.19 bits per heavy atom. The maximum absolute atomic E-state index is 12.9. The molecule has 1 aliphatic heterocycles. The average molecular weight is 455 g/mol. The van der Waals surface area contributed by atoms with Gasteiger partial charge in [-0.25, -0.2) is 4.79 Å². The van der Waals surface area contributed by atoms with Crippen molar-refractivity contribution >= 4 is 39.6 Å². The van der Waals surface area contributed by atoms with Gasteiger partial charge in [0.05, 0.1) is 12.7 Å². The fourth-order valence-electron chi connectivity index (χ4n) is 4.12. The van der Waals surface area contributed by atoms with E-state index >= 15 is 0 Å². The molecule has 160 valence electrons. The molecule has 0 unspecified atom stereocenters. The molecular formula is C23H22N2O4S2. The van der Waals surface area contributed by atoms with Crippen molar-refractivity contribution in [2.24, 2.45) is 5.92 Å². The summed E-state index contributed by atoms with van der Waals surface area (Å²) in [4.78, 5) is 27.1. The van der Waals surface area contributed by atoms with E-state index in [4.69, 9.17) is 9.47 Å². The molecule has 1 aromatic carbocycles. The number of benzene rings is 1. The van der Waals surface area contributed by atoms with Crippen molar-refractivity contribution in [2.75, 3.05) is 12.4 Å². The molecule has 0 radical (unpaired) electrons. The first kappa shape index (κ1) is 20.1. The number of esters is 1. The summed E-state index contributed by atoms with van der Waals surface area (Å²) in [7, 11) is 1.53. The Kier molecular flexibility index (Phi) is 5.19. The normalized spacial score (nSPS) is 19.6. The lowest BCUT2D eigenvalue weighted by Gasteiger charge is -2.27. The van der Waals surface area contributed by atoms with Gasteiger partial charge in [-0.1, -0.05) is 19.1 Å². The second-order valence-corrected chi connectivity index (χ2v) is 9.94. The van der Waals surface area contributed by atoms with E-state index in [0.717, 1.165) is 35.4 Å². The molecular weight excluding hydrogens is 432 g/mol. The summed E-state index contributed by atoms with van der Waals surface area (Å²) < 4.78 is 11.0. The Balaban J connectivity index is 1.40. The van der Waals surface area contributed by atoms with E-state index in [1.54, 1.807) is 35.6 Å². The number of methoxy groups -OCH3 is 1. The minimum atomic E-state index is -0.423. The highest BCUT2D eigenvalue weighted by atomic mass is 32.1. The molecule has 0 bridgehead atoms. The summed E-state index contributed by atoms with van der Waals surface area (Å²) in [6.07, 6.45) is 2.73. The Morgan fingerprint density at radius 2 is 2.06 bits per heavy atom. The summed E-state index contributed by atoms with van der Waals surface area (Å²) in [5, 5.41) is 9.30. The highest BCUT2D eigenvalue weighted by molar-refractivity contribution is 7.16. The third kappa shape index (κ3) is 3.70. The molecule has 2 N–H and O–H groups in total. The van der Waals surface area contributed by atoms with Crippen LogP contribution in [0.5, 0.6) is 11.5 Å². The second-order valence-electron chi connectivity index (χ2n) is 7.88. The molecule has 8 heteroatoms. The van der Waals surface area contributed by atoms with E-state index in [0.29, 0.717) is 22.3 Å². The van der Waals surface area contributed by atoms with Gasteiger partial charge in [-0.05, 0) is 59.9 Å². The number of ether oxygens (including phenoxy) is 2. The topological polar surface area (TPSA) is 76.7 Å². The molecule has 1 aliphatic carbocycles. The summed E-state index contributed by atoms with van der Waals surface area (Å²) >= 11 is 3.02. The zero-order valence-electron chi connectivity index (χ0n) is 17.2. The number of hydrogen-bond donors (Lipinski definition) is 2. The molecule has 0 saturated carbocycles. The molecule has 31 heavy (non-hydrogen) atoms. The number of carbonyl (C=O) groups excluding carboxylic acids is 2. The summed E-state index contributed by atoms with van der Waals surface area (Å²) in [5.74, 6) is 0.961. The van der Waals surface area contributed by atoms with Crippen molar-refractivity contribution in [3.63, 3.8) is 0 Å². The van der Waals surface area contributed by atoms with Crippen molar-refractivity contribution < 1.29 is 19.1 Å². The van der Waals surface area contributed by atoms with Crippen LogP contribution in [0.4, 0.5) is 5.00 Å². The van der Waals surface area contributed by atoms with Crippen LogP contribution in [0.2, 0.25) is 0 Å². The maximum Gasteiger partial charge on any atom is 0.353 e. The summed E-state index contributed by atoms with van der Waals surface area (Å²) in [6, 6.07) is 8.84. The Hall–Kier alpha value is -2.84. The van der Waals surface area contributed by atoms with Gasteiger partial charge < -0.3 is 20.1 Å². The van der Waals surface area contributed by atoms with Crippen molar-refractivity contribution in [3.8, 4) is 11.5 Å². The molecule has 6 nitrogen and oxygen atoms in total. The summed E-state index contributed by atoms with van der Waals surface area (Å²) in [5.41, 5.74) is 2.83. The fourth-order valence-corrected chi connectivity index (χ4v) is 6.16. The maximum atomic E-state index is 12.9. The van der Waals surface area contributed by atoms with Crippen molar-refractivity contribution in [1.29, 1.82) is 0 Å². The van der Waals surface area contributed by atoms with Crippen LogP contribution in [-0.4, -0.2) is 19.0 Å². The SMILES string of the molecule is COc1cc([C@@H]2NC(=O)c3c(sc4c3CC[C@H](C)C4)N2)ccc1OC(=O)c1cccs1. The van der Waals surface area contributed by atoms with Gasteiger partial charge in [0.1, 0.15) is 16.0 Å². The van der Waals surface area contributed by atoms with Gasteiger partial charge in [0, 0.05) is 4.88 Å². The molecule has 2 aliphatic rings. The third-order valence-electron chi connectivity index (χ3n) is 5.74. The highest BCUT2D eigenvalue weighted by Gasteiger charge is 2.33. The molecule has 2 aromatic heterocycles. The van der Waals surface area contributed by atoms with Crippen LogP contribution in [0.25, 0.3) is 0 Å². The number of carbonyl (C=O) groups is 2. The van der Waals surface area contributed by atoms with Crippen LogP contribution in [0, 0.1) is 5.92 Å². The van der Waals surface area contributed by atoms with Crippen LogP contribution in [0.15, 0.2) is 35.7 Å². The van der Waals surface area contributed by atoms with E-state index in [9.17, 15) is 9.59 Å². The third-order valence-corrected chi connectivity index (χ3v) is 7.77. The van der Waals surface area contributed by atoms with E-state index in [-0.39, 0.29) is 12.1 Å². The van der Waals surface area contributed by atoms with Crippen LogP contribution >= 0.6 is 22.7 Å². The Labute approximate surface area is 188 Å². The lowest BCUT2D eigenvalue weighted by atomic mass is 9.88. The molecule has 3 aromatic rings. The molecule has 5 rings (SSSR count). The van der Waals surface area contributed by atoms with Gasteiger partial charge in [0.25, 0.3) is 5.91 Å². The molecule has 0 spiro atoms. The Morgan fingerprint density at radius 3 is 2.84 bits per heavy atom. The van der Waals surface area contributed by atoms with Crippen LogP contribution < -0.4 is 20.1 Å². The van der Waals surface area contributed by atoms with E-state index in [1.165, 1.54) is 28.9 Å². The zero-order chi connectivity index (χ0) is 21.5. The molecule has 1 amide bonds. The monoisotopic (exact) mass is 454 g/mol. The Bertz CT molecular complexity index is 1150. The van der Waals surface area contributed by atoms with E-state index in [1.807, 2.05) is 11.4 Å². The van der Waals surface area contributed by atoms with Gasteiger partial charge in [0.15, 0.2) is 11.5 Å². The number of rotatable bonds is 4. The molecule has 0 saturated heterocycles. The predicted octanol–water partition coefficient (Wildman–Crippen LogP) is 5.02. The van der Waals surface area contributed by atoms with Gasteiger partial charge in [-0.2, -0.15) is 0 Å². The number of fused-ring (bicyclic) bond motifs is 3. The molecule has 0 fully saturated rings. The highest BCUT2D eigenvalue weighted by Crippen LogP contribution is 2.43. The number of nitrogens with one attached hydrogen (secondary N) is 2. The zero-order valence-corrected chi connectivity index (χ0v) is 18.8. The van der Waals surface area contributed by atoms with Crippen molar-refractivity contribution in [1.82, 2.24) is 5.32 Å². The number of thiophene rings is 2. The number of anilines is 1. The predicted molar refractivity (Wildman–Crippen MR) is 122 cm³/mol. The van der Waals surface area contributed by atoms with Gasteiger partial charge in [-0.3, -0.25) is 4.79 Å². The molecule has 2 atom stereocenters. The van der Waals surface area contributed by atoms with Gasteiger partial charge in [-0.15, -0.1) is 22.7 Å². The van der Waals surface area contributed by atoms with Crippen LogP contribution in [-0.2, 0) is 12.8 Å². The second kappa shape index (κ2) is 8.01. The number of hydrogen-bond acceptors (Lipinski definition) is 7. The fraction of sp³-hybridized carbons (Fsp3) is 0.304. The van der Waals surface area contributed by atoms with Gasteiger partial charge >= 0.3 is 5.97 Å². The largest absolute Gasteiger partial charge is 0.493 e. The van der Waals surface area contributed by atoms with E-state index < -0.39 is 5.97 Å². The van der Waals surface area contributed by atoms with Crippen LogP contribution in [0.3, 0.4) is 0 Å². The lowest BCUT2D eigenvalue weighted by molar-refractivity contribution is 0.0734. The lowest BCUT2D eigenvalue weighted by Crippen LogP contribution is -2.38. The number of amides is 1. The minimum Gasteiger partial charge on any atom is -0.493 e. The van der Waals surface area contributed by atoms with Crippen molar-refractivity contribution in [2.45, 2.75) is 32.4 Å². The van der Waals surface area contributed by atoms with E-state index in [2.05, 4.69) is 17.6 Å². The standard InChI is InChI=1S/C23H22N2O4S2/c1-12-5-7-14-18(10-12)31-22-19(14)21(26)24-20(25-22)13-6-8-15(16(11-13)28-2)29-23(27)17-4-3-9-30-17/h3-4,6,8-9,11-12,20,25H,5,7,10H2,1-2H3,(H,24,26)/t12-,20+/m0/s1. The molecule has 3 heterocycles. The quantitative estimate of drug-likeness (QED) is 0.428. The average Bonchev–Trinajstić information content (AvgIpc) is 3.41. The first-order chi connectivity index (χ1) is 15.0.